The average molecular weight is 859 g/mol. The lowest BCUT2D eigenvalue weighted by Gasteiger charge is -2.32. The lowest BCUT2D eigenvalue weighted by Crippen LogP contribution is -2.35. The second-order valence-corrected chi connectivity index (χ2v) is 20.2. The first-order valence-electron chi connectivity index (χ1n) is 22.8. The summed E-state index contributed by atoms with van der Waals surface area (Å²) in [6.45, 7) is 0. The third kappa shape index (κ3) is 6.30. The molecule has 6 aliphatic rings. The van der Waals surface area contributed by atoms with Crippen molar-refractivity contribution in [1.29, 1.82) is 0 Å². The Morgan fingerprint density at radius 1 is 0.641 bits per heavy atom. The van der Waals surface area contributed by atoms with E-state index in [0.29, 0.717) is 22.5 Å². The zero-order valence-electron chi connectivity index (χ0n) is 35.4. The largest absolute Gasteiger partial charge is 0.335 e. The summed E-state index contributed by atoms with van der Waals surface area (Å²) in [6, 6.07) is 56.9. The van der Waals surface area contributed by atoms with Crippen LogP contribution in [-0.4, -0.2) is 17.3 Å². The fourth-order valence-corrected chi connectivity index (χ4v) is 14.3. The molecule has 4 heteroatoms. The van der Waals surface area contributed by atoms with Gasteiger partial charge in [0.15, 0.2) is 0 Å². The molecule has 3 aliphatic carbocycles. The molecule has 1 fully saturated rings. The van der Waals surface area contributed by atoms with E-state index in [9.17, 15) is 0 Å². The van der Waals surface area contributed by atoms with Gasteiger partial charge in [-0.1, -0.05) is 176 Å². The Hall–Kier alpha value is -6.59. The van der Waals surface area contributed by atoms with E-state index in [0.717, 1.165) is 12.8 Å². The van der Waals surface area contributed by atoms with Gasteiger partial charge in [-0.25, -0.2) is 0 Å². The van der Waals surface area contributed by atoms with E-state index < -0.39 is 0 Å². The van der Waals surface area contributed by atoms with Crippen molar-refractivity contribution >= 4 is 73.2 Å². The first kappa shape index (κ1) is 37.9. The van der Waals surface area contributed by atoms with Gasteiger partial charge in [0.25, 0.3) is 0 Å². The molecule has 4 heterocycles. The summed E-state index contributed by atoms with van der Waals surface area (Å²) in [4.78, 5) is 6.88. The van der Waals surface area contributed by atoms with E-state index in [-0.39, 0.29) is 12.0 Å². The second kappa shape index (κ2) is 15.6. The molecule has 6 unspecified atom stereocenters. The van der Waals surface area contributed by atoms with Gasteiger partial charge in [-0.2, -0.15) is 0 Å². The molecule has 0 N–H and O–H groups in total. The van der Waals surface area contributed by atoms with E-state index in [1.54, 1.807) is 0 Å². The number of fused-ring (bicyclic) bond motifs is 10. The Morgan fingerprint density at radius 2 is 1.41 bits per heavy atom. The number of hydrogen-bond donors (Lipinski definition) is 0. The van der Waals surface area contributed by atoms with E-state index in [2.05, 4.69) is 240 Å². The quantitative estimate of drug-likeness (QED) is 0.147. The molecule has 3 aliphatic heterocycles. The lowest BCUT2D eigenvalue weighted by atomic mass is 9.84. The van der Waals surface area contributed by atoms with Crippen molar-refractivity contribution in [2.24, 2.45) is 5.92 Å². The molecule has 64 heavy (non-hydrogen) atoms. The van der Waals surface area contributed by atoms with Crippen molar-refractivity contribution in [2.75, 3.05) is 9.80 Å². The number of para-hydroxylation sites is 1. The topological polar surface area (TPSA) is 6.48 Å². The highest BCUT2D eigenvalue weighted by Crippen LogP contribution is 2.65. The number of hydrogen-bond acceptors (Lipinski definition) is 4. The molecule has 0 radical (unpaired) electrons. The van der Waals surface area contributed by atoms with Gasteiger partial charge in [-0.3, -0.25) is 0 Å². The summed E-state index contributed by atoms with van der Waals surface area (Å²) in [6.07, 6.45) is 28.4. The molecule has 308 valence electrons. The number of benzene rings is 6. The maximum Gasteiger partial charge on any atom is 0.0647 e. The van der Waals surface area contributed by atoms with Crippen LogP contribution in [0.3, 0.4) is 0 Å². The fourth-order valence-electron chi connectivity index (χ4n) is 11.1. The van der Waals surface area contributed by atoms with Crippen molar-refractivity contribution in [1.82, 2.24) is 0 Å². The highest BCUT2D eigenvalue weighted by Gasteiger charge is 2.53. The molecule has 0 bridgehead atoms. The molecular weight excluding hydrogens is 813 g/mol. The summed E-state index contributed by atoms with van der Waals surface area (Å²) in [5.41, 5.74) is 16.6. The molecule has 1 aromatic heterocycles. The van der Waals surface area contributed by atoms with Crippen LogP contribution in [-0.2, 0) is 0 Å². The second-order valence-electron chi connectivity index (χ2n) is 17.7. The molecule has 6 atom stereocenters. The Morgan fingerprint density at radius 3 is 2.23 bits per heavy atom. The smallest absolute Gasteiger partial charge is 0.0647 e. The third-order valence-corrected chi connectivity index (χ3v) is 17.1. The molecule has 0 saturated carbocycles. The maximum atomic E-state index is 2.75. The lowest BCUT2D eigenvalue weighted by molar-refractivity contribution is 0.546. The van der Waals surface area contributed by atoms with E-state index in [4.69, 9.17) is 0 Å². The van der Waals surface area contributed by atoms with Gasteiger partial charge in [-0.05, 0) is 105 Å². The number of thioether (sulfide) groups is 1. The van der Waals surface area contributed by atoms with Crippen LogP contribution in [0.4, 0.5) is 22.7 Å². The van der Waals surface area contributed by atoms with Gasteiger partial charge in [-0.15, -0.1) is 23.1 Å². The monoisotopic (exact) mass is 858 g/mol. The standard InChI is InChI=1S/C60H46N2S2/c1-4-14-40(15-5-1)42-26-24-39(25-27-42)36-51(44-30-28-43(29-31-44)41-16-6-2-7-17-41)45-32-34-48-52-38-47(33-35-53(52)61(54(48)37-45)46-18-8-3-9-19-46)62-57-49-20-10-12-22-55(49)63-59(57)60-58(62)50-21-11-13-23-56(50)64-60/h1,3-6,8-38,48-49,54-55,57,59H,2,7H2/b51-36-. The van der Waals surface area contributed by atoms with Crippen molar-refractivity contribution in [3.63, 3.8) is 0 Å². The van der Waals surface area contributed by atoms with Crippen molar-refractivity contribution in [2.45, 2.75) is 41.3 Å². The van der Waals surface area contributed by atoms with Crippen LogP contribution < -0.4 is 9.80 Å². The summed E-state index contributed by atoms with van der Waals surface area (Å²) in [5, 5.41) is 2.33. The number of thiophene rings is 1. The normalized spacial score (nSPS) is 23.7. The first-order valence-corrected chi connectivity index (χ1v) is 24.5. The zero-order chi connectivity index (χ0) is 42.1. The number of allylic oxidation sites excluding steroid dienone is 9. The number of rotatable bonds is 7. The molecule has 1 saturated heterocycles. The van der Waals surface area contributed by atoms with E-state index in [1.165, 1.54) is 87.8 Å². The van der Waals surface area contributed by atoms with Crippen LogP contribution in [0.1, 0.15) is 51.1 Å². The predicted octanol–water partition coefficient (Wildman–Crippen LogP) is 16.1. The SMILES string of the molecule is C1=CC2SC3c4sc5ccccc5c4N(c4ccc5c(c4)C4C=CC(/C(=C\c6ccc(-c7ccccc7)cc6)c6ccc(C7=CCCC=C7)cc6)=CC4N5c4ccccc4)C3C2C=C1. The molecule has 2 nitrogen and oxygen atoms in total. The summed E-state index contributed by atoms with van der Waals surface area (Å²) >= 11 is 4.17. The van der Waals surface area contributed by atoms with Crippen molar-refractivity contribution in [3.05, 3.63) is 245 Å². The van der Waals surface area contributed by atoms with Crippen LogP contribution in [0.15, 0.2) is 218 Å². The molecule has 13 rings (SSSR count). The zero-order valence-corrected chi connectivity index (χ0v) is 37.0. The van der Waals surface area contributed by atoms with Crippen LogP contribution >= 0.6 is 23.1 Å². The molecule has 7 aromatic rings. The molecule has 0 spiro atoms. The van der Waals surface area contributed by atoms with Gasteiger partial charge in [0.1, 0.15) is 0 Å². The minimum atomic E-state index is 0.106. The number of anilines is 4. The Kier molecular flexibility index (Phi) is 9.24. The van der Waals surface area contributed by atoms with Gasteiger partial charge in [0, 0.05) is 49.1 Å². The van der Waals surface area contributed by atoms with Crippen LogP contribution in [0.5, 0.6) is 0 Å². The van der Waals surface area contributed by atoms with Crippen molar-refractivity contribution in [3.8, 4) is 11.1 Å². The Bertz CT molecular complexity index is 3160. The predicted molar refractivity (Wildman–Crippen MR) is 275 cm³/mol. The van der Waals surface area contributed by atoms with Crippen LogP contribution in [0.2, 0.25) is 0 Å². The fraction of sp³-hybridized carbons (Fsp3) is 0.133. The average Bonchev–Trinajstić information content (AvgIpc) is 4.11. The molecule has 6 aromatic carbocycles. The highest BCUT2D eigenvalue weighted by molar-refractivity contribution is 8.00. The van der Waals surface area contributed by atoms with Crippen LogP contribution in [0.25, 0.3) is 38.4 Å². The number of nitrogens with zero attached hydrogens (tertiary/aromatic N) is 2. The Balaban J connectivity index is 0.919. The minimum absolute atomic E-state index is 0.106. The maximum absolute atomic E-state index is 2.75. The van der Waals surface area contributed by atoms with Crippen molar-refractivity contribution < 1.29 is 0 Å². The van der Waals surface area contributed by atoms with E-state index >= 15 is 0 Å². The summed E-state index contributed by atoms with van der Waals surface area (Å²) < 4.78 is 1.38. The van der Waals surface area contributed by atoms with Gasteiger partial charge in [0.2, 0.25) is 0 Å². The van der Waals surface area contributed by atoms with Gasteiger partial charge in [0.05, 0.1) is 23.0 Å². The minimum Gasteiger partial charge on any atom is -0.335 e. The van der Waals surface area contributed by atoms with Crippen LogP contribution in [0, 0.1) is 5.92 Å². The van der Waals surface area contributed by atoms with E-state index in [1.807, 2.05) is 11.3 Å². The molecular formula is C60H46N2S2. The molecule has 0 amide bonds. The van der Waals surface area contributed by atoms with Gasteiger partial charge < -0.3 is 9.80 Å². The third-order valence-electron chi connectivity index (χ3n) is 14.1. The highest BCUT2D eigenvalue weighted by atomic mass is 32.2. The first-order chi connectivity index (χ1) is 31.7. The Labute approximate surface area is 384 Å². The van der Waals surface area contributed by atoms with Gasteiger partial charge >= 0.3 is 0 Å². The summed E-state index contributed by atoms with van der Waals surface area (Å²) in [7, 11) is 0. The summed E-state index contributed by atoms with van der Waals surface area (Å²) in [5.74, 6) is 0.655.